The Morgan fingerprint density at radius 3 is 2.88 bits per heavy atom. The lowest BCUT2D eigenvalue weighted by Crippen LogP contribution is -2.35. The summed E-state index contributed by atoms with van der Waals surface area (Å²) in [5, 5.41) is 11.3. The highest BCUT2D eigenvalue weighted by Crippen LogP contribution is 2.24. The van der Waals surface area contributed by atoms with Gasteiger partial charge in [-0.15, -0.1) is 0 Å². The second kappa shape index (κ2) is 6.78. The van der Waals surface area contributed by atoms with Crippen LogP contribution < -0.4 is 5.32 Å². The van der Waals surface area contributed by atoms with Crippen molar-refractivity contribution >= 4 is 23.6 Å². The van der Waals surface area contributed by atoms with E-state index in [4.69, 9.17) is 5.11 Å². The summed E-state index contributed by atoms with van der Waals surface area (Å²) in [6, 6.07) is -0.277. The highest BCUT2D eigenvalue weighted by Gasteiger charge is 2.18. The minimum atomic E-state index is -0.874. The van der Waals surface area contributed by atoms with Gasteiger partial charge in [0, 0.05) is 12.5 Å². The van der Waals surface area contributed by atoms with E-state index in [1.807, 2.05) is 11.8 Å². The predicted octanol–water partition coefficient (Wildman–Crippen LogP) is 1.50. The molecule has 1 saturated heterocycles. The maximum absolute atomic E-state index is 11.6. The molecule has 0 aromatic carbocycles. The maximum Gasteiger partial charge on any atom is 0.305 e. The Bertz CT molecular complexity index is 252. The highest BCUT2D eigenvalue weighted by molar-refractivity contribution is 7.99. The summed E-state index contributed by atoms with van der Waals surface area (Å²) < 4.78 is 0. The summed E-state index contributed by atoms with van der Waals surface area (Å²) >= 11 is 1.90. The molecule has 1 heterocycles. The second-order valence-corrected chi connectivity index (χ2v) is 5.50. The summed E-state index contributed by atoms with van der Waals surface area (Å²) in [7, 11) is 0. The minimum Gasteiger partial charge on any atom is -0.481 e. The van der Waals surface area contributed by atoms with E-state index < -0.39 is 5.97 Å². The fourth-order valence-corrected chi connectivity index (χ4v) is 3.03. The van der Waals surface area contributed by atoms with Crippen molar-refractivity contribution in [1.82, 2.24) is 5.32 Å². The number of carbonyl (C=O) groups excluding carboxylic acids is 1. The maximum atomic E-state index is 11.6. The Kier molecular flexibility index (Phi) is 5.66. The van der Waals surface area contributed by atoms with E-state index in [-0.39, 0.29) is 18.4 Å². The van der Waals surface area contributed by atoms with Gasteiger partial charge in [-0.25, -0.2) is 0 Å². The lowest BCUT2D eigenvalue weighted by Gasteiger charge is -2.21. The van der Waals surface area contributed by atoms with Crippen molar-refractivity contribution < 1.29 is 14.7 Å². The van der Waals surface area contributed by atoms with Crippen molar-refractivity contribution in [3.05, 3.63) is 0 Å². The van der Waals surface area contributed by atoms with Crippen LogP contribution in [-0.4, -0.2) is 34.5 Å². The summed E-state index contributed by atoms with van der Waals surface area (Å²) in [5.74, 6) is 1.84. The number of hydrogen-bond donors (Lipinski definition) is 2. The molecule has 1 rings (SSSR count). The van der Waals surface area contributed by atoms with Crippen LogP contribution in [0.5, 0.6) is 0 Å². The molecular formula is C11H19NO3S. The van der Waals surface area contributed by atoms with Crippen molar-refractivity contribution in [2.45, 2.75) is 38.6 Å². The quantitative estimate of drug-likeness (QED) is 0.770. The molecule has 5 heteroatoms. The molecule has 1 amide bonds. The molecule has 1 aliphatic heterocycles. The van der Waals surface area contributed by atoms with Gasteiger partial charge in [-0.2, -0.15) is 11.8 Å². The van der Waals surface area contributed by atoms with Crippen LogP contribution in [0.1, 0.15) is 32.6 Å². The Morgan fingerprint density at radius 1 is 1.56 bits per heavy atom. The zero-order chi connectivity index (χ0) is 12.0. The van der Waals surface area contributed by atoms with Gasteiger partial charge in [-0.05, 0) is 37.2 Å². The first kappa shape index (κ1) is 13.4. The van der Waals surface area contributed by atoms with Crippen molar-refractivity contribution in [3.63, 3.8) is 0 Å². The lowest BCUT2D eigenvalue weighted by molar-refractivity contribution is -0.137. The predicted molar refractivity (Wildman–Crippen MR) is 64.5 cm³/mol. The van der Waals surface area contributed by atoms with Crippen LogP contribution in [0.25, 0.3) is 0 Å². The van der Waals surface area contributed by atoms with Gasteiger partial charge in [-0.3, -0.25) is 9.59 Å². The van der Waals surface area contributed by atoms with E-state index in [1.165, 1.54) is 12.2 Å². The molecular weight excluding hydrogens is 226 g/mol. The summed E-state index contributed by atoms with van der Waals surface area (Å²) in [6.07, 6.45) is 2.84. The average molecular weight is 245 g/mol. The molecule has 0 bridgehead atoms. The third-order valence-corrected chi connectivity index (χ3v) is 3.90. The summed E-state index contributed by atoms with van der Waals surface area (Å²) in [4.78, 5) is 22.0. The van der Waals surface area contributed by atoms with Gasteiger partial charge in [0.25, 0.3) is 0 Å². The third-order valence-electron chi connectivity index (χ3n) is 2.62. The molecule has 92 valence electrons. The van der Waals surface area contributed by atoms with Gasteiger partial charge in [-0.1, -0.05) is 0 Å². The van der Waals surface area contributed by atoms with E-state index >= 15 is 0 Å². The van der Waals surface area contributed by atoms with Crippen molar-refractivity contribution in [1.29, 1.82) is 0 Å². The second-order valence-electron chi connectivity index (χ2n) is 4.35. The number of carbonyl (C=O) groups is 2. The minimum absolute atomic E-state index is 0.00877. The number of hydrogen-bond acceptors (Lipinski definition) is 3. The van der Waals surface area contributed by atoms with Gasteiger partial charge >= 0.3 is 5.97 Å². The first-order chi connectivity index (χ1) is 7.58. The molecule has 0 saturated carbocycles. The van der Waals surface area contributed by atoms with E-state index in [2.05, 4.69) is 5.32 Å². The first-order valence-electron chi connectivity index (χ1n) is 5.67. The third kappa shape index (κ3) is 5.39. The Hall–Kier alpha value is -0.710. The fourth-order valence-electron chi connectivity index (χ4n) is 1.88. The van der Waals surface area contributed by atoms with Gasteiger partial charge in [0.2, 0.25) is 5.91 Å². The molecule has 2 atom stereocenters. The van der Waals surface area contributed by atoms with Crippen LogP contribution in [0.15, 0.2) is 0 Å². The zero-order valence-corrected chi connectivity index (χ0v) is 10.4. The van der Waals surface area contributed by atoms with E-state index in [9.17, 15) is 9.59 Å². The number of amides is 1. The lowest BCUT2D eigenvalue weighted by atomic mass is 10.0. The Balaban J connectivity index is 2.21. The molecule has 0 aromatic rings. The molecule has 4 nitrogen and oxygen atoms in total. The number of aliphatic carboxylic acids is 1. The number of carboxylic acids is 1. The van der Waals surface area contributed by atoms with Crippen LogP contribution in [0.4, 0.5) is 0 Å². The molecule has 0 aromatic heterocycles. The van der Waals surface area contributed by atoms with Crippen molar-refractivity contribution in [2.75, 3.05) is 11.5 Å². The van der Waals surface area contributed by atoms with Gasteiger partial charge in [0.05, 0.1) is 6.42 Å². The largest absolute Gasteiger partial charge is 0.481 e. The van der Waals surface area contributed by atoms with E-state index in [0.717, 1.165) is 12.2 Å². The number of carboxylic acid groups (broad SMARTS) is 1. The average Bonchev–Trinajstić information content (AvgIpc) is 2.17. The van der Waals surface area contributed by atoms with Crippen LogP contribution in [0.3, 0.4) is 0 Å². The monoisotopic (exact) mass is 245 g/mol. The first-order valence-corrected chi connectivity index (χ1v) is 6.82. The normalized spacial score (nSPS) is 22.4. The molecule has 1 aliphatic rings. The molecule has 2 N–H and O–H groups in total. The highest BCUT2D eigenvalue weighted by atomic mass is 32.2. The summed E-state index contributed by atoms with van der Waals surface area (Å²) in [5.41, 5.74) is 0. The fraction of sp³-hybridized carbons (Fsp3) is 0.818. The number of thioether (sulfide) groups is 1. The Morgan fingerprint density at radius 2 is 2.31 bits per heavy atom. The molecule has 1 fully saturated rings. The van der Waals surface area contributed by atoms with Crippen molar-refractivity contribution in [3.8, 4) is 0 Å². The number of rotatable bonds is 5. The summed E-state index contributed by atoms with van der Waals surface area (Å²) in [6.45, 7) is 1.72. The molecule has 16 heavy (non-hydrogen) atoms. The van der Waals surface area contributed by atoms with E-state index in [0.29, 0.717) is 12.3 Å². The molecule has 0 radical (unpaired) electrons. The standard InChI is InChI=1S/C11H19NO3S/c1-8(5-11(14)15)12-10(13)6-9-3-2-4-16-7-9/h8-9H,2-7H2,1H3,(H,12,13)(H,14,15). The van der Waals surface area contributed by atoms with Crippen molar-refractivity contribution in [2.24, 2.45) is 5.92 Å². The van der Waals surface area contributed by atoms with E-state index in [1.54, 1.807) is 6.92 Å². The van der Waals surface area contributed by atoms with Gasteiger partial charge in [0.15, 0.2) is 0 Å². The number of nitrogens with one attached hydrogen (secondary N) is 1. The topological polar surface area (TPSA) is 66.4 Å². The van der Waals surface area contributed by atoms with Crippen LogP contribution in [0, 0.1) is 5.92 Å². The van der Waals surface area contributed by atoms with Gasteiger partial charge < -0.3 is 10.4 Å². The molecule has 0 spiro atoms. The smallest absolute Gasteiger partial charge is 0.305 e. The molecule has 0 aliphatic carbocycles. The van der Waals surface area contributed by atoms with Gasteiger partial charge in [0.1, 0.15) is 0 Å². The molecule has 2 unspecified atom stereocenters. The Labute approximate surface area is 100 Å². The van der Waals surface area contributed by atoms with Crippen LogP contribution in [-0.2, 0) is 9.59 Å². The van der Waals surface area contributed by atoms with Crippen LogP contribution in [0.2, 0.25) is 0 Å². The SMILES string of the molecule is CC(CC(=O)O)NC(=O)CC1CCCSC1. The van der Waals surface area contributed by atoms with Crippen LogP contribution >= 0.6 is 11.8 Å². The zero-order valence-electron chi connectivity index (χ0n) is 9.57.